The van der Waals surface area contributed by atoms with E-state index in [0.717, 1.165) is 18.6 Å². The van der Waals surface area contributed by atoms with Crippen LogP contribution >= 0.6 is 0 Å². The van der Waals surface area contributed by atoms with E-state index in [2.05, 4.69) is 31.2 Å². The molecule has 22 heavy (non-hydrogen) atoms. The lowest BCUT2D eigenvalue weighted by atomic mass is 9.54. The van der Waals surface area contributed by atoms with Crippen LogP contribution in [0.15, 0.2) is 24.3 Å². The van der Waals surface area contributed by atoms with Crippen molar-refractivity contribution in [2.45, 2.75) is 50.2 Å². The molecule has 0 aromatic heterocycles. The van der Waals surface area contributed by atoms with Gasteiger partial charge in [0.05, 0.1) is 18.8 Å². The lowest BCUT2D eigenvalue weighted by Gasteiger charge is -2.53. The fraction of sp³-hybridized carbons (Fsp3) is 0.579. The summed E-state index contributed by atoms with van der Waals surface area (Å²) in [6.45, 7) is 2.07. The second kappa shape index (κ2) is 4.59. The molecule has 0 unspecified atom stereocenters. The van der Waals surface area contributed by atoms with Gasteiger partial charge in [0.25, 0.3) is 0 Å². The first-order valence-corrected chi connectivity index (χ1v) is 8.26. The molecule has 0 amide bonds. The molecule has 3 heteroatoms. The van der Waals surface area contributed by atoms with Crippen molar-refractivity contribution in [2.75, 3.05) is 7.11 Å². The van der Waals surface area contributed by atoms with Gasteiger partial charge in [0.2, 0.25) is 0 Å². The third-order valence-electron chi connectivity index (χ3n) is 6.66. The van der Waals surface area contributed by atoms with E-state index in [1.54, 1.807) is 7.11 Å². The van der Waals surface area contributed by atoms with Crippen LogP contribution in [0.5, 0.6) is 5.75 Å². The number of hydrogen-bond donors (Lipinski definition) is 2. The van der Waals surface area contributed by atoms with Crippen molar-refractivity contribution in [2.24, 2.45) is 11.3 Å². The maximum absolute atomic E-state index is 11.4. The van der Waals surface area contributed by atoms with Crippen molar-refractivity contribution >= 4 is 6.08 Å². The average molecular weight is 300 g/mol. The molecule has 3 aliphatic rings. The number of rotatable bonds is 1. The highest BCUT2D eigenvalue weighted by atomic mass is 16.5. The summed E-state index contributed by atoms with van der Waals surface area (Å²) in [4.78, 5) is 0. The van der Waals surface area contributed by atoms with Gasteiger partial charge < -0.3 is 14.9 Å². The zero-order valence-corrected chi connectivity index (χ0v) is 13.2. The van der Waals surface area contributed by atoms with Crippen LogP contribution in [0.4, 0.5) is 0 Å². The van der Waals surface area contributed by atoms with E-state index in [4.69, 9.17) is 4.74 Å². The van der Waals surface area contributed by atoms with Crippen LogP contribution in [0.25, 0.3) is 6.08 Å². The lowest BCUT2D eigenvalue weighted by Crippen LogP contribution is -2.56. The Balaban J connectivity index is 1.77. The zero-order chi connectivity index (χ0) is 15.5. The summed E-state index contributed by atoms with van der Waals surface area (Å²) in [6, 6.07) is 6.23. The second-order valence-electron chi connectivity index (χ2n) is 7.42. The Hall–Kier alpha value is -1.32. The number of ether oxygens (including phenoxy) is 1. The van der Waals surface area contributed by atoms with E-state index in [-0.39, 0.29) is 17.4 Å². The molecule has 2 N–H and O–H groups in total. The van der Waals surface area contributed by atoms with Crippen LogP contribution in [0.1, 0.15) is 49.7 Å². The molecule has 0 spiro atoms. The number of fused-ring (bicyclic) bond motifs is 5. The summed E-state index contributed by atoms with van der Waals surface area (Å²) in [5, 5.41) is 21.8. The smallest absolute Gasteiger partial charge is 0.119 e. The fourth-order valence-electron chi connectivity index (χ4n) is 5.16. The Kier molecular flexibility index (Phi) is 2.98. The van der Waals surface area contributed by atoms with Gasteiger partial charge in [0.1, 0.15) is 5.75 Å². The normalized spacial score (nSPS) is 42.5. The van der Waals surface area contributed by atoms with E-state index < -0.39 is 5.60 Å². The van der Waals surface area contributed by atoms with Crippen LogP contribution in [0, 0.1) is 11.3 Å². The quantitative estimate of drug-likeness (QED) is 0.838. The molecule has 0 bridgehead atoms. The first-order valence-electron chi connectivity index (χ1n) is 8.26. The summed E-state index contributed by atoms with van der Waals surface area (Å²) < 4.78 is 5.32. The zero-order valence-electron chi connectivity index (χ0n) is 13.2. The molecule has 0 saturated heterocycles. The summed E-state index contributed by atoms with van der Waals surface area (Å²) in [5.41, 5.74) is 1.35. The standard InChI is InChI=1S/C19H24O3/c1-18-9-7-15-14-5-4-13(22-2)11-12(14)3-6-16(15)19(18,21)10-8-17(18)20/h3-6,11,15-17,20-21H,7-10H2,1-2H3/t15-,16-,17-,18-,19+/m0/s1. The molecule has 0 radical (unpaired) electrons. The SMILES string of the molecule is COc1ccc2c(c1)C=C[C@H]1[C@H]2CC[C@@]2(C)[C@@H](O)CC[C@@]12O. The minimum atomic E-state index is -0.788. The average Bonchev–Trinajstić information content (AvgIpc) is 2.78. The van der Waals surface area contributed by atoms with Crippen LogP contribution in [0.2, 0.25) is 0 Å². The Bertz CT molecular complexity index is 638. The molecule has 5 atom stereocenters. The van der Waals surface area contributed by atoms with E-state index in [9.17, 15) is 10.2 Å². The molecular formula is C19H24O3. The predicted molar refractivity (Wildman–Crippen MR) is 85.8 cm³/mol. The first kappa shape index (κ1) is 14.3. The van der Waals surface area contributed by atoms with Crippen LogP contribution in [-0.4, -0.2) is 29.0 Å². The monoisotopic (exact) mass is 300 g/mol. The number of hydrogen-bond acceptors (Lipinski definition) is 3. The molecular weight excluding hydrogens is 276 g/mol. The van der Waals surface area contributed by atoms with Gasteiger partial charge in [-0.2, -0.15) is 0 Å². The Labute approximate surface area is 131 Å². The van der Waals surface area contributed by atoms with Crippen molar-refractivity contribution in [1.29, 1.82) is 0 Å². The lowest BCUT2D eigenvalue weighted by molar-refractivity contribution is -0.147. The Morgan fingerprint density at radius 1 is 1.23 bits per heavy atom. The van der Waals surface area contributed by atoms with Crippen molar-refractivity contribution < 1.29 is 14.9 Å². The predicted octanol–water partition coefficient (Wildman–Crippen LogP) is 3.11. The topological polar surface area (TPSA) is 49.7 Å². The van der Waals surface area contributed by atoms with E-state index in [0.29, 0.717) is 18.8 Å². The van der Waals surface area contributed by atoms with E-state index in [1.807, 2.05) is 6.07 Å². The minimum absolute atomic E-state index is 0.101. The summed E-state index contributed by atoms with van der Waals surface area (Å²) in [5.74, 6) is 1.32. The van der Waals surface area contributed by atoms with Crippen molar-refractivity contribution in [3.8, 4) is 5.75 Å². The maximum atomic E-state index is 11.4. The third-order valence-corrected chi connectivity index (χ3v) is 6.66. The Morgan fingerprint density at radius 2 is 2.05 bits per heavy atom. The fourth-order valence-corrected chi connectivity index (χ4v) is 5.16. The molecule has 2 fully saturated rings. The van der Waals surface area contributed by atoms with Gasteiger partial charge in [0, 0.05) is 11.3 Å². The van der Waals surface area contributed by atoms with Gasteiger partial charge in [-0.15, -0.1) is 0 Å². The number of aliphatic hydroxyl groups excluding tert-OH is 1. The van der Waals surface area contributed by atoms with E-state index in [1.165, 1.54) is 11.1 Å². The number of aliphatic hydroxyl groups is 2. The van der Waals surface area contributed by atoms with Crippen LogP contribution in [-0.2, 0) is 0 Å². The molecule has 2 saturated carbocycles. The van der Waals surface area contributed by atoms with Gasteiger partial charge in [-0.05, 0) is 54.9 Å². The van der Waals surface area contributed by atoms with Gasteiger partial charge >= 0.3 is 0 Å². The van der Waals surface area contributed by atoms with E-state index >= 15 is 0 Å². The molecule has 118 valence electrons. The second-order valence-corrected chi connectivity index (χ2v) is 7.42. The summed E-state index contributed by atoms with van der Waals surface area (Å²) in [6.07, 6.45) is 7.20. The molecule has 3 aliphatic carbocycles. The van der Waals surface area contributed by atoms with Crippen LogP contribution < -0.4 is 4.74 Å². The van der Waals surface area contributed by atoms with Gasteiger partial charge in [0.15, 0.2) is 0 Å². The first-order chi connectivity index (χ1) is 10.5. The molecule has 0 heterocycles. The molecule has 0 aliphatic heterocycles. The van der Waals surface area contributed by atoms with Gasteiger partial charge in [-0.25, -0.2) is 0 Å². The van der Waals surface area contributed by atoms with Crippen molar-refractivity contribution in [1.82, 2.24) is 0 Å². The van der Waals surface area contributed by atoms with Crippen molar-refractivity contribution in [3.05, 3.63) is 35.4 Å². The minimum Gasteiger partial charge on any atom is -0.497 e. The summed E-state index contributed by atoms with van der Waals surface area (Å²) in [7, 11) is 1.69. The molecule has 3 nitrogen and oxygen atoms in total. The summed E-state index contributed by atoms with van der Waals surface area (Å²) >= 11 is 0. The highest BCUT2D eigenvalue weighted by Gasteiger charge is 2.63. The highest BCUT2D eigenvalue weighted by Crippen LogP contribution is 2.62. The Morgan fingerprint density at radius 3 is 2.82 bits per heavy atom. The largest absolute Gasteiger partial charge is 0.497 e. The number of benzene rings is 1. The van der Waals surface area contributed by atoms with Crippen molar-refractivity contribution in [3.63, 3.8) is 0 Å². The molecule has 1 aromatic carbocycles. The van der Waals surface area contributed by atoms with Gasteiger partial charge in [-0.3, -0.25) is 0 Å². The molecule has 1 aromatic rings. The van der Waals surface area contributed by atoms with Gasteiger partial charge in [-0.1, -0.05) is 25.1 Å². The van der Waals surface area contributed by atoms with Crippen LogP contribution in [0.3, 0.4) is 0 Å². The molecule has 4 rings (SSSR count). The third kappa shape index (κ3) is 1.64. The number of methoxy groups -OCH3 is 1. The maximum Gasteiger partial charge on any atom is 0.119 e. The highest BCUT2D eigenvalue weighted by molar-refractivity contribution is 5.61.